The topological polar surface area (TPSA) is 88.3 Å². The van der Waals surface area contributed by atoms with E-state index >= 15 is 0 Å². The molecule has 0 bridgehead atoms. The zero-order chi connectivity index (χ0) is 20.3. The number of nitrogens with one attached hydrogen (secondary N) is 2. The standard InChI is InChI=1S/C22H20N2O4/c1-13-19(15(3)25)14(2)23-20(13)22(27)28-18-11-9-17(10-12-18)24-21(26)16-7-5-4-6-8-16/h4-12,23H,1-3H3,(H,24,26). The third kappa shape index (κ3) is 4.01. The molecule has 0 radical (unpaired) electrons. The second kappa shape index (κ2) is 7.92. The van der Waals surface area contributed by atoms with Crippen LogP contribution in [-0.2, 0) is 0 Å². The number of amides is 1. The molecular formula is C22H20N2O4. The van der Waals surface area contributed by atoms with Crippen LogP contribution in [0.2, 0.25) is 0 Å². The number of H-pyrrole nitrogens is 1. The lowest BCUT2D eigenvalue weighted by Crippen LogP contribution is -2.12. The van der Waals surface area contributed by atoms with Gasteiger partial charge in [-0.1, -0.05) is 18.2 Å². The number of ketones is 1. The highest BCUT2D eigenvalue weighted by Gasteiger charge is 2.21. The molecular weight excluding hydrogens is 356 g/mol. The van der Waals surface area contributed by atoms with Crippen molar-refractivity contribution in [3.05, 3.63) is 82.7 Å². The first-order valence-electron chi connectivity index (χ1n) is 8.75. The van der Waals surface area contributed by atoms with Crippen LogP contribution in [0, 0.1) is 13.8 Å². The van der Waals surface area contributed by atoms with Gasteiger partial charge in [-0.05, 0) is 62.7 Å². The van der Waals surface area contributed by atoms with Crippen LogP contribution in [0.4, 0.5) is 5.69 Å². The molecule has 0 fully saturated rings. The van der Waals surface area contributed by atoms with Gasteiger partial charge < -0.3 is 15.0 Å². The Hall–Kier alpha value is -3.67. The number of carbonyl (C=O) groups excluding carboxylic acids is 3. The summed E-state index contributed by atoms with van der Waals surface area (Å²) < 4.78 is 5.38. The molecule has 0 saturated heterocycles. The Kier molecular flexibility index (Phi) is 5.40. The second-order valence-corrected chi connectivity index (χ2v) is 6.42. The Balaban J connectivity index is 1.69. The summed E-state index contributed by atoms with van der Waals surface area (Å²) in [5.41, 5.74) is 3.10. The molecule has 0 saturated carbocycles. The first-order chi connectivity index (χ1) is 13.4. The molecule has 6 heteroatoms. The minimum atomic E-state index is -0.575. The number of hydrogen-bond acceptors (Lipinski definition) is 4. The fourth-order valence-electron chi connectivity index (χ4n) is 3.04. The van der Waals surface area contributed by atoms with Gasteiger partial charge in [0.25, 0.3) is 5.91 Å². The van der Waals surface area contributed by atoms with Crippen LogP contribution in [0.15, 0.2) is 54.6 Å². The summed E-state index contributed by atoms with van der Waals surface area (Å²) in [7, 11) is 0. The van der Waals surface area contributed by atoms with Crippen LogP contribution >= 0.6 is 0 Å². The van der Waals surface area contributed by atoms with Gasteiger partial charge in [0.1, 0.15) is 11.4 Å². The van der Waals surface area contributed by atoms with Crippen LogP contribution in [-0.4, -0.2) is 22.6 Å². The van der Waals surface area contributed by atoms with Gasteiger partial charge in [0, 0.05) is 22.5 Å². The van der Waals surface area contributed by atoms with Crippen molar-refractivity contribution in [2.45, 2.75) is 20.8 Å². The van der Waals surface area contributed by atoms with Gasteiger partial charge in [0.15, 0.2) is 5.78 Å². The number of hydrogen-bond donors (Lipinski definition) is 2. The lowest BCUT2D eigenvalue weighted by atomic mass is 10.1. The predicted molar refractivity (Wildman–Crippen MR) is 106 cm³/mol. The van der Waals surface area contributed by atoms with Crippen molar-refractivity contribution in [1.29, 1.82) is 0 Å². The second-order valence-electron chi connectivity index (χ2n) is 6.42. The maximum atomic E-state index is 12.4. The van der Waals surface area contributed by atoms with E-state index in [1.54, 1.807) is 62.4 Å². The highest BCUT2D eigenvalue weighted by molar-refractivity contribution is 6.04. The molecule has 6 nitrogen and oxygen atoms in total. The number of benzene rings is 2. The number of carbonyl (C=O) groups is 3. The van der Waals surface area contributed by atoms with Crippen LogP contribution in [0.25, 0.3) is 0 Å². The van der Waals surface area contributed by atoms with Gasteiger partial charge >= 0.3 is 5.97 Å². The number of anilines is 1. The van der Waals surface area contributed by atoms with Gasteiger partial charge in [0.2, 0.25) is 0 Å². The largest absolute Gasteiger partial charge is 0.422 e. The molecule has 2 N–H and O–H groups in total. The predicted octanol–water partition coefficient (Wildman–Crippen LogP) is 4.31. The first-order valence-corrected chi connectivity index (χ1v) is 8.75. The average Bonchev–Trinajstić information content (AvgIpc) is 2.98. The van der Waals surface area contributed by atoms with Crippen LogP contribution in [0.3, 0.4) is 0 Å². The smallest absolute Gasteiger partial charge is 0.360 e. The summed E-state index contributed by atoms with van der Waals surface area (Å²) in [5, 5.41) is 2.78. The summed E-state index contributed by atoms with van der Waals surface area (Å²) >= 11 is 0. The fourth-order valence-corrected chi connectivity index (χ4v) is 3.04. The van der Waals surface area contributed by atoms with Crippen LogP contribution in [0.1, 0.15) is 49.4 Å². The minimum Gasteiger partial charge on any atom is -0.422 e. The maximum absolute atomic E-state index is 12.4. The van der Waals surface area contributed by atoms with Crippen molar-refractivity contribution in [3.63, 3.8) is 0 Å². The fraction of sp³-hybridized carbons (Fsp3) is 0.136. The number of ether oxygens (including phenoxy) is 1. The minimum absolute atomic E-state index is 0.108. The van der Waals surface area contributed by atoms with E-state index < -0.39 is 5.97 Å². The molecule has 3 aromatic rings. The molecule has 28 heavy (non-hydrogen) atoms. The summed E-state index contributed by atoms with van der Waals surface area (Å²) in [5.74, 6) is -0.573. The number of aromatic nitrogens is 1. The zero-order valence-corrected chi connectivity index (χ0v) is 15.8. The van der Waals surface area contributed by atoms with Gasteiger partial charge in [-0.3, -0.25) is 9.59 Å². The van der Waals surface area contributed by atoms with E-state index in [0.717, 1.165) is 0 Å². The zero-order valence-electron chi connectivity index (χ0n) is 15.8. The number of Topliss-reactive ketones (excluding diaryl/α,β-unsaturated/α-hetero) is 1. The monoisotopic (exact) mass is 376 g/mol. The van der Waals surface area contributed by atoms with Crippen molar-refractivity contribution < 1.29 is 19.1 Å². The lowest BCUT2D eigenvalue weighted by Gasteiger charge is -2.07. The van der Waals surface area contributed by atoms with Crippen molar-refractivity contribution in [3.8, 4) is 5.75 Å². The average molecular weight is 376 g/mol. The summed E-state index contributed by atoms with van der Waals surface area (Å²) in [6, 6.07) is 15.4. The molecule has 3 rings (SSSR count). The molecule has 0 aliphatic heterocycles. The summed E-state index contributed by atoms with van der Waals surface area (Å²) in [4.78, 5) is 39.2. The molecule has 1 heterocycles. The van der Waals surface area contributed by atoms with Crippen LogP contribution in [0.5, 0.6) is 5.75 Å². The first kappa shape index (κ1) is 19.1. The van der Waals surface area contributed by atoms with E-state index in [2.05, 4.69) is 10.3 Å². The lowest BCUT2D eigenvalue weighted by molar-refractivity contribution is 0.0728. The number of aryl methyl sites for hydroxylation is 1. The van der Waals surface area contributed by atoms with Crippen LogP contribution < -0.4 is 10.1 Å². The Morgan fingerprint density at radius 2 is 1.57 bits per heavy atom. The molecule has 0 aliphatic carbocycles. The van der Waals surface area contributed by atoms with E-state index in [1.807, 2.05) is 6.07 Å². The molecule has 0 unspecified atom stereocenters. The summed E-state index contributed by atoms with van der Waals surface area (Å²) in [6.45, 7) is 4.91. The Labute approximate surface area is 162 Å². The number of aromatic amines is 1. The Morgan fingerprint density at radius 1 is 0.929 bits per heavy atom. The molecule has 1 aromatic heterocycles. The summed E-state index contributed by atoms with van der Waals surface area (Å²) in [6.07, 6.45) is 0. The molecule has 0 spiro atoms. The normalized spacial score (nSPS) is 10.4. The van der Waals surface area contributed by atoms with Gasteiger partial charge in [-0.2, -0.15) is 0 Å². The maximum Gasteiger partial charge on any atom is 0.360 e. The van der Waals surface area contributed by atoms with E-state index in [4.69, 9.17) is 4.74 Å². The number of rotatable bonds is 5. The quantitative estimate of drug-likeness (QED) is 0.395. The molecule has 142 valence electrons. The van der Waals surface area contributed by atoms with Crippen molar-refractivity contribution in [2.24, 2.45) is 0 Å². The molecule has 1 amide bonds. The Morgan fingerprint density at radius 3 is 2.14 bits per heavy atom. The molecule has 0 atom stereocenters. The van der Waals surface area contributed by atoms with E-state index in [9.17, 15) is 14.4 Å². The third-order valence-corrected chi connectivity index (χ3v) is 4.35. The number of esters is 1. The highest BCUT2D eigenvalue weighted by Crippen LogP contribution is 2.22. The SMILES string of the molecule is CC(=O)c1c(C)[nH]c(C(=O)Oc2ccc(NC(=O)c3ccccc3)cc2)c1C. The van der Waals surface area contributed by atoms with E-state index in [0.29, 0.717) is 33.8 Å². The van der Waals surface area contributed by atoms with Crippen molar-refractivity contribution in [1.82, 2.24) is 4.98 Å². The van der Waals surface area contributed by atoms with Gasteiger partial charge in [-0.15, -0.1) is 0 Å². The highest BCUT2D eigenvalue weighted by atomic mass is 16.5. The van der Waals surface area contributed by atoms with E-state index in [1.165, 1.54) is 6.92 Å². The van der Waals surface area contributed by atoms with Crippen molar-refractivity contribution >= 4 is 23.3 Å². The van der Waals surface area contributed by atoms with Gasteiger partial charge in [-0.25, -0.2) is 4.79 Å². The molecule has 0 aliphatic rings. The van der Waals surface area contributed by atoms with Gasteiger partial charge in [0.05, 0.1) is 0 Å². The third-order valence-electron chi connectivity index (χ3n) is 4.35. The van der Waals surface area contributed by atoms with E-state index in [-0.39, 0.29) is 17.4 Å². The molecule has 2 aromatic carbocycles. The Bertz CT molecular complexity index is 1030. The van der Waals surface area contributed by atoms with Crippen molar-refractivity contribution in [2.75, 3.05) is 5.32 Å².